The van der Waals surface area contributed by atoms with Crippen LogP contribution in [-0.4, -0.2) is 35.6 Å². The van der Waals surface area contributed by atoms with Crippen LogP contribution in [0.25, 0.3) is 0 Å². The van der Waals surface area contributed by atoms with Gasteiger partial charge < -0.3 is 10.0 Å². The van der Waals surface area contributed by atoms with Gasteiger partial charge in [0.25, 0.3) is 0 Å². The van der Waals surface area contributed by atoms with Crippen LogP contribution in [0, 0.1) is 5.92 Å². The van der Waals surface area contributed by atoms with E-state index in [1.807, 2.05) is 17.0 Å². The van der Waals surface area contributed by atoms with Crippen molar-refractivity contribution in [2.24, 2.45) is 5.92 Å². The molecule has 1 aromatic carbocycles. The molecule has 0 radical (unpaired) electrons. The minimum atomic E-state index is 0.124. The van der Waals surface area contributed by atoms with E-state index in [9.17, 15) is 9.90 Å². The zero-order valence-electron chi connectivity index (χ0n) is 11.3. The number of rotatable bonds is 4. The van der Waals surface area contributed by atoms with Gasteiger partial charge in [0.2, 0.25) is 5.91 Å². The van der Waals surface area contributed by atoms with Gasteiger partial charge in [-0.05, 0) is 36.8 Å². The molecule has 1 aliphatic rings. The lowest BCUT2D eigenvalue weighted by atomic mass is 9.98. The number of benzene rings is 1. The molecule has 1 atom stereocenters. The average molecular weight is 316 g/mol. The summed E-state index contributed by atoms with van der Waals surface area (Å²) < 4.78 is 0. The summed E-state index contributed by atoms with van der Waals surface area (Å²) in [5, 5.41) is 10.3. The Morgan fingerprint density at radius 1 is 1.40 bits per heavy atom. The minimum Gasteiger partial charge on any atom is -0.396 e. The Hall–Kier alpha value is -0.770. The molecule has 1 aliphatic heterocycles. The number of aliphatic hydroxyl groups excluding tert-OH is 1. The summed E-state index contributed by atoms with van der Waals surface area (Å²) in [5.74, 6) is 0.349. The molecule has 20 heavy (non-hydrogen) atoms. The number of aryl methyl sites for hydroxylation is 1. The maximum absolute atomic E-state index is 12.2. The van der Waals surface area contributed by atoms with E-state index in [-0.39, 0.29) is 18.4 Å². The van der Waals surface area contributed by atoms with Crippen molar-refractivity contribution in [2.75, 3.05) is 19.7 Å². The largest absolute Gasteiger partial charge is 0.396 e. The summed E-state index contributed by atoms with van der Waals surface area (Å²) in [7, 11) is 0. The van der Waals surface area contributed by atoms with E-state index in [1.54, 1.807) is 6.07 Å². The van der Waals surface area contributed by atoms with Crippen LogP contribution >= 0.6 is 23.2 Å². The number of hydrogen-bond acceptors (Lipinski definition) is 2. The highest BCUT2D eigenvalue weighted by atomic mass is 35.5. The van der Waals surface area contributed by atoms with Crippen LogP contribution in [0.4, 0.5) is 0 Å². The summed E-state index contributed by atoms with van der Waals surface area (Å²) in [4.78, 5) is 14.0. The number of piperidine rings is 1. The van der Waals surface area contributed by atoms with Gasteiger partial charge in [0.05, 0.1) is 10.0 Å². The summed E-state index contributed by atoms with van der Waals surface area (Å²) in [6, 6.07) is 5.48. The lowest BCUT2D eigenvalue weighted by Gasteiger charge is -2.32. The quantitative estimate of drug-likeness (QED) is 0.927. The summed E-state index contributed by atoms with van der Waals surface area (Å²) in [6.07, 6.45) is 2.99. The van der Waals surface area contributed by atoms with Gasteiger partial charge in [0.1, 0.15) is 0 Å². The van der Waals surface area contributed by atoms with Crippen molar-refractivity contribution < 1.29 is 9.90 Å². The van der Waals surface area contributed by atoms with Gasteiger partial charge in [-0.2, -0.15) is 0 Å². The molecule has 0 saturated carbocycles. The second kappa shape index (κ2) is 7.30. The average Bonchev–Trinajstić information content (AvgIpc) is 2.48. The highest BCUT2D eigenvalue weighted by Crippen LogP contribution is 2.26. The third-order valence-corrected chi connectivity index (χ3v) is 4.63. The van der Waals surface area contributed by atoms with Crippen LogP contribution in [0.2, 0.25) is 10.0 Å². The lowest BCUT2D eigenvalue weighted by molar-refractivity contribution is -0.133. The Morgan fingerprint density at radius 2 is 2.20 bits per heavy atom. The van der Waals surface area contributed by atoms with Crippen LogP contribution in [0.3, 0.4) is 0 Å². The molecule has 1 fully saturated rings. The molecule has 0 bridgehead atoms. The molecule has 110 valence electrons. The minimum absolute atomic E-state index is 0.124. The summed E-state index contributed by atoms with van der Waals surface area (Å²) in [6.45, 7) is 1.61. The number of aliphatic hydroxyl groups is 1. The second-order valence-electron chi connectivity index (χ2n) is 5.24. The number of likely N-dealkylation sites (tertiary alicyclic amines) is 1. The Bertz CT molecular complexity index is 479. The normalized spacial score (nSPS) is 19.1. The molecule has 1 N–H and O–H groups in total. The van der Waals surface area contributed by atoms with Crippen LogP contribution < -0.4 is 0 Å². The van der Waals surface area contributed by atoms with Gasteiger partial charge >= 0.3 is 0 Å². The summed E-state index contributed by atoms with van der Waals surface area (Å²) >= 11 is 12.1. The van der Waals surface area contributed by atoms with Crippen molar-refractivity contribution in [1.29, 1.82) is 0 Å². The van der Waals surface area contributed by atoms with E-state index >= 15 is 0 Å². The third-order valence-electron chi connectivity index (χ3n) is 3.77. The smallest absolute Gasteiger partial charge is 0.222 e. The first-order valence-electron chi connectivity index (χ1n) is 6.93. The SMILES string of the molecule is O=C(CCc1cccc(Cl)c1Cl)N1CCCC(CO)C1. The molecule has 1 aromatic rings. The predicted octanol–water partition coefficient (Wildman–Crippen LogP) is 3.16. The maximum Gasteiger partial charge on any atom is 0.222 e. The zero-order chi connectivity index (χ0) is 14.5. The van der Waals surface area contributed by atoms with Gasteiger partial charge in [-0.25, -0.2) is 0 Å². The maximum atomic E-state index is 12.2. The monoisotopic (exact) mass is 315 g/mol. The standard InChI is InChI=1S/C15H19Cl2NO2/c16-13-5-1-4-12(15(13)17)6-7-14(20)18-8-2-3-11(9-18)10-19/h1,4-5,11,19H,2-3,6-10H2. The number of hydrogen-bond donors (Lipinski definition) is 1. The van der Waals surface area contributed by atoms with Crippen LogP contribution in [0.1, 0.15) is 24.8 Å². The molecule has 2 rings (SSSR count). The molecule has 0 spiro atoms. The molecule has 0 aromatic heterocycles. The van der Waals surface area contributed by atoms with Crippen LogP contribution in [0.5, 0.6) is 0 Å². The van der Waals surface area contributed by atoms with Crippen LogP contribution in [0.15, 0.2) is 18.2 Å². The van der Waals surface area contributed by atoms with E-state index in [2.05, 4.69) is 0 Å². The second-order valence-corrected chi connectivity index (χ2v) is 6.03. The highest BCUT2D eigenvalue weighted by Gasteiger charge is 2.22. The lowest BCUT2D eigenvalue weighted by Crippen LogP contribution is -2.41. The topological polar surface area (TPSA) is 40.5 Å². The van der Waals surface area contributed by atoms with Crippen molar-refractivity contribution in [3.05, 3.63) is 33.8 Å². The van der Waals surface area contributed by atoms with E-state index in [0.717, 1.165) is 24.9 Å². The van der Waals surface area contributed by atoms with E-state index < -0.39 is 0 Å². The van der Waals surface area contributed by atoms with Gasteiger partial charge in [-0.3, -0.25) is 4.79 Å². The first-order valence-corrected chi connectivity index (χ1v) is 7.69. The fraction of sp³-hybridized carbons (Fsp3) is 0.533. The molecule has 3 nitrogen and oxygen atoms in total. The Kier molecular flexibility index (Phi) is 5.70. The number of carbonyl (C=O) groups excluding carboxylic acids is 1. The van der Waals surface area contributed by atoms with Gasteiger partial charge in [0, 0.05) is 26.1 Å². The van der Waals surface area contributed by atoms with Crippen molar-refractivity contribution in [3.8, 4) is 0 Å². The van der Waals surface area contributed by atoms with Crippen LogP contribution in [-0.2, 0) is 11.2 Å². The highest BCUT2D eigenvalue weighted by molar-refractivity contribution is 6.42. The van der Waals surface area contributed by atoms with Crippen molar-refractivity contribution in [3.63, 3.8) is 0 Å². The third kappa shape index (κ3) is 3.87. The molecular weight excluding hydrogens is 297 g/mol. The fourth-order valence-corrected chi connectivity index (χ4v) is 3.00. The van der Waals surface area contributed by atoms with E-state index in [4.69, 9.17) is 23.2 Å². The molecule has 1 unspecified atom stereocenters. The number of halogens is 2. The number of amides is 1. The first kappa shape index (κ1) is 15.6. The Morgan fingerprint density at radius 3 is 2.95 bits per heavy atom. The Labute approximate surface area is 129 Å². The molecule has 1 saturated heterocycles. The molecule has 1 amide bonds. The molecule has 0 aliphatic carbocycles. The fourth-order valence-electron chi connectivity index (χ4n) is 2.58. The van der Waals surface area contributed by atoms with Crippen molar-refractivity contribution in [1.82, 2.24) is 4.90 Å². The van der Waals surface area contributed by atoms with E-state index in [0.29, 0.717) is 29.4 Å². The van der Waals surface area contributed by atoms with Gasteiger partial charge in [-0.15, -0.1) is 0 Å². The molecular formula is C15H19Cl2NO2. The number of nitrogens with zero attached hydrogens (tertiary/aromatic N) is 1. The van der Waals surface area contributed by atoms with Gasteiger partial charge in [-0.1, -0.05) is 35.3 Å². The van der Waals surface area contributed by atoms with E-state index in [1.165, 1.54) is 0 Å². The first-order chi connectivity index (χ1) is 9.61. The zero-order valence-corrected chi connectivity index (χ0v) is 12.8. The number of carbonyl (C=O) groups is 1. The molecule has 5 heteroatoms. The predicted molar refractivity (Wildman–Crippen MR) is 81.2 cm³/mol. The Balaban J connectivity index is 1.90. The van der Waals surface area contributed by atoms with Crippen molar-refractivity contribution in [2.45, 2.75) is 25.7 Å². The van der Waals surface area contributed by atoms with Crippen molar-refractivity contribution >= 4 is 29.1 Å². The molecule has 1 heterocycles. The summed E-state index contributed by atoms with van der Waals surface area (Å²) in [5.41, 5.74) is 0.906. The van der Waals surface area contributed by atoms with Gasteiger partial charge in [0.15, 0.2) is 0 Å².